The van der Waals surface area contributed by atoms with Crippen molar-refractivity contribution in [3.8, 4) is 0 Å². The molecule has 0 amide bonds. The zero-order valence-electron chi connectivity index (χ0n) is 43.0. The van der Waals surface area contributed by atoms with Crippen LogP contribution in [0.1, 0.15) is 245 Å². The van der Waals surface area contributed by atoms with E-state index in [1.807, 2.05) is 0 Å². The number of carbonyl (C=O) groups is 2. The van der Waals surface area contributed by atoms with Crippen LogP contribution in [-0.2, 0) is 38.7 Å². The van der Waals surface area contributed by atoms with Gasteiger partial charge < -0.3 is 34.3 Å². The molecule has 0 aliphatic carbocycles. The maximum absolute atomic E-state index is 12.9. The minimum absolute atomic E-state index is 0.155. The summed E-state index contributed by atoms with van der Waals surface area (Å²) in [4.78, 5) is 25.6. The highest BCUT2D eigenvalue weighted by Gasteiger charge is 2.46. The molecular weight excluding hydrogens is 885 g/mol. The Kier molecular flexibility index (Phi) is 42.1. The summed E-state index contributed by atoms with van der Waals surface area (Å²) in [6, 6.07) is 0. The minimum atomic E-state index is -4.61. The number of hydrogen-bond acceptors (Lipinski definition) is 11. The van der Waals surface area contributed by atoms with E-state index in [1.165, 1.54) is 122 Å². The van der Waals surface area contributed by atoms with Crippen LogP contribution in [0.15, 0.2) is 36.5 Å². The van der Waals surface area contributed by atoms with Crippen molar-refractivity contribution in [1.82, 2.24) is 0 Å². The predicted molar refractivity (Wildman–Crippen MR) is 275 cm³/mol. The number of hydrogen-bond donors (Lipinski definition) is 4. The third-order valence-electron chi connectivity index (χ3n) is 12.7. The fourth-order valence-corrected chi connectivity index (χ4v) is 9.21. The second-order valence-corrected chi connectivity index (χ2v) is 20.7. The molecule has 0 aromatic heterocycles. The first kappa shape index (κ1) is 63.9. The summed E-state index contributed by atoms with van der Waals surface area (Å²) >= 11 is 0. The van der Waals surface area contributed by atoms with Crippen molar-refractivity contribution in [2.45, 2.75) is 282 Å². The van der Waals surface area contributed by atoms with Crippen LogP contribution in [0.2, 0.25) is 0 Å². The molecule has 68 heavy (non-hydrogen) atoms. The standard InChI is InChI=1S/C55H100O12S/c1-3-5-7-9-11-13-15-17-19-21-22-23-24-25-26-28-29-31-33-35-37-39-41-43-50(56)64-45-48(46-65-55-54(60)53(59)52(58)49(67-55)47-68(61,62)63)66-51(57)44-42-40-38-36-34-32-30-27-20-18-16-14-12-10-8-6-4-2/h6,8,12,14,18,20,48-49,52-55,58-60H,3-5,7,9-11,13,15-17,19,21-47H2,1-2H3,(H,61,62,63)/b8-6-,14-12-,20-18-. The smallest absolute Gasteiger partial charge is 0.306 e. The van der Waals surface area contributed by atoms with Gasteiger partial charge in [-0.3, -0.25) is 14.1 Å². The average Bonchev–Trinajstić information content (AvgIpc) is 3.31. The van der Waals surface area contributed by atoms with Crippen molar-refractivity contribution in [2.24, 2.45) is 0 Å². The van der Waals surface area contributed by atoms with E-state index in [9.17, 15) is 37.9 Å². The molecule has 6 unspecified atom stereocenters. The molecule has 1 aliphatic rings. The Morgan fingerprint density at radius 1 is 0.515 bits per heavy atom. The summed E-state index contributed by atoms with van der Waals surface area (Å²) in [5.74, 6) is -1.98. The molecule has 398 valence electrons. The van der Waals surface area contributed by atoms with Gasteiger partial charge in [0.05, 0.1) is 6.61 Å². The number of carbonyl (C=O) groups excluding carboxylic acids is 2. The van der Waals surface area contributed by atoms with Crippen LogP contribution >= 0.6 is 0 Å². The highest BCUT2D eigenvalue weighted by atomic mass is 32.2. The summed E-state index contributed by atoms with van der Waals surface area (Å²) < 4.78 is 54.3. The molecule has 0 aromatic carbocycles. The third-order valence-corrected chi connectivity index (χ3v) is 13.5. The fraction of sp³-hybridized carbons (Fsp3) is 0.855. The lowest BCUT2D eigenvalue weighted by molar-refractivity contribution is -0.297. The number of rotatable bonds is 47. The Bertz CT molecular complexity index is 1380. The maximum atomic E-state index is 12.9. The molecule has 12 nitrogen and oxygen atoms in total. The number of esters is 2. The Morgan fingerprint density at radius 3 is 1.38 bits per heavy atom. The second-order valence-electron chi connectivity index (χ2n) is 19.2. The van der Waals surface area contributed by atoms with E-state index in [-0.39, 0.29) is 19.4 Å². The van der Waals surface area contributed by atoms with Crippen molar-refractivity contribution in [2.75, 3.05) is 19.0 Å². The maximum Gasteiger partial charge on any atom is 0.306 e. The first-order valence-electron chi connectivity index (χ1n) is 27.5. The molecule has 1 saturated heterocycles. The Labute approximate surface area is 414 Å². The van der Waals surface area contributed by atoms with Crippen LogP contribution in [0.3, 0.4) is 0 Å². The van der Waals surface area contributed by atoms with Crippen LogP contribution in [-0.4, -0.2) is 96.0 Å². The zero-order chi connectivity index (χ0) is 49.8. The van der Waals surface area contributed by atoms with Gasteiger partial charge >= 0.3 is 11.9 Å². The van der Waals surface area contributed by atoms with Crippen molar-refractivity contribution in [3.63, 3.8) is 0 Å². The van der Waals surface area contributed by atoms with Gasteiger partial charge in [-0.15, -0.1) is 0 Å². The Balaban J connectivity index is 2.31. The fourth-order valence-electron chi connectivity index (χ4n) is 8.52. The van der Waals surface area contributed by atoms with E-state index in [0.29, 0.717) is 12.8 Å². The Morgan fingerprint density at radius 2 is 0.926 bits per heavy atom. The van der Waals surface area contributed by atoms with Crippen molar-refractivity contribution < 1.29 is 56.8 Å². The van der Waals surface area contributed by atoms with Gasteiger partial charge in [0.15, 0.2) is 12.4 Å². The molecule has 1 heterocycles. The quantitative estimate of drug-likeness (QED) is 0.0196. The molecule has 1 fully saturated rings. The van der Waals surface area contributed by atoms with E-state index in [4.69, 9.17) is 18.9 Å². The van der Waals surface area contributed by atoms with Gasteiger partial charge in [0.2, 0.25) is 0 Å². The van der Waals surface area contributed by atoms with Gasteiger partial charge in [-0.1, -0.05) is 224 Å². The number of ether oxygens (including phenoxy) is 4. The third kappa shape index (κ3) is 38.6. The van der Waals surface area contributed by atoms with Gasteiger partial charge in [0.25, 0.3) is 10.1 Å². The van der Waals surface area contributed by atoms with Crippen LogP contribution < -0.4 is 0 Å². The van der Waals surface area contributed by atoms with Gasteiger partial charge in [0.1, 0.15) is 36.8 Å². The van der Waals surface area contributed by atoms with Crippen LogP contribution in [0, 0.1) is 0 Å². The summed E-state index contributed by atoms with van der Waals surface area (Å²) in [7, 11) is -4.61. The van der Waals surface area contributed by atoms with E-state index in [2.05, 4.69) is 50.3 Å². The monoisotopic (exact) mass is 985 g/mol. The van der Waals surface area contributed by atoms with Crippen molar-refractivity contribution in [3.05, 3.63) is 36.5 Å². The molecule has 0 bridgehead atoms. The van der Waals surface area contributed by atoms with E-state index < -0.39 is 71.2 Å². The number of unbranched alkanes of at least 4 members (excludes halogenated alkanes) is 29. The largest absolute Gasteiger partial charge is 0.462 e. The Hall–Kier alpha value is -2.13. The average molecular weight is 985 g/mol. The topological polar surface area (TPSA) is 186 Å². The lowest BCUT2D eigenvalue weighted by atomic mass is 10.00. The van der Waals surface area contributed by atoms with Crippen molar-refractivity contribution in [1.29, 1.82) is 0 Å². The zero-order valence-corrected chi connectivity index (χ0v) is 43.8. The lowest BCUT2D eigenvalue weighted by Gasteiger charge is -2.40. The molecule has 0 spiro atoms. The first-order valence-corrected chi connectivity index (χ1v) is 29.2. The highest BCUT2D eigenvalue weighted by Crippen LogP contribution is 2.24. The SMILES string of the molecule is CC/C=C\C/C=C\C/C=C\CCCCCCCCCC(=O)OC(COC(=O)CCCCCCCCCCCCCCCCCCCCCCCCC)COC1OC(CS(=O)(=O)O)C(O)C(O)C1O. The normalized spacial score (nSPS) is 19.4. The molecule has 0 aromatic rings. The lowest BCUT2D eigenvalue weighted by Crippen LogP contribution is -2.60. The second kappa shape index (κ2) is 44.8. The molecule has 6 atom stereocenters. The van der Waals surface area contributed by atoms with Gasteiger partial charge in [-0.25, -0.2) is 0 Å². The molecule has 0 radical (unpaired) electrons. The molecule has 1 rings (SSSR count). The molecule has 0 saturated carbocycles. The predicted octanol–water partition coefficient (Wildman–Crippen LogP) is 12.9. The number of aliphatic hydroxyl groups excluding tert-OH is 3. The number of allylic oxidation sites excluding steroid dienone is 6. The summed E-state index contributed by atoms with van der Waals surface area (Å²) in [6.45, 7) is 3.69. The first-order chi connectivity index (χ1) is 33.0. The molecular formula is C55H100O12S. The van der Waals surface area contributed by atoms with Crippen molar-refractivity contribution >= 4 is 22.1 Å². The van der Waals surface area contributed by atoms with Gasteiger partial charge in [-0.05, 0) is 44.9 Å². The van der Waals surface area contributed by atoms with Gasteiger partial charge in [0, 0.05) is 12.8 Å². The van der Waals surface area contributed by atoms with Crippen LogP contribution in [0.25, 0.3) is 0 Å². The number of aliphatic hydroxyl groups is 3. The van der Waals surface area contributed by atoms with E-state index >= 15 is 0 Å². The van der Waals surface area contributed by atoms with Crippen LogP contribution in [0.4, 0.5) is 0 Å². The van der Waals surface area contributed by atoms with Crippen LogP contribution in [0.5, 0.6) is 0 Å². The highest BCUT2D eigenvalue weighted by molar-refractivity contribution is 7.85. The summed E-state index contributed by atoms with van der Waals surface area (Å²) in [6.07, 6.45) is 44.8. The van der Waals surface area contributed by atoms with E-state index in [0.717, 1.165) is 83.5 Å². The molecule has 1 aliphatic heterocycles. The summed E-state index contributed by atoms with van der Waals surface area (Å²) in [5, 5.41) is 31.0. The molecule has 13 heteroatoms. The minimum Gasteiger partial charge on any atom is -0.462 e. The van der Waals surface area contributed by atoms with E-state index in [1.54, 1.807) is 0 Å². The molecule has 4 N–H and O–H groups in total. The van der Waals surface area contributed by atoms with Gasteiger partial charge in [-0.2, -0.15) is 8.42 Å². The summed E-state index contributed by atoms with van der Waals surface area (Å²) in [5.41, 5.74) is 0.